The molecule has 2 heterocycles. The van der Waals surface area contributed by atoms with Crippen molar-refractivity contribution < 1.29 is 13.5 Å². The van der Waals surface area contributed by atoms with Crippen LogP contribution < -0.4 is 5.32 Å². The minimum Gasteiger partial charge on any atom is -0.391 e. The Morgan fingerprint density at radius 1 is 1.14 bits per heavy atom. The number of nitrogens with one attached hydrogen (secondary N) is 2. The second-order valence-electron chi connectivity index (χ2n) is 7.46. The SMILES string of the molecule is Cc1ccc(S(=O)(=O)c2nc3[nH]ccc3c(NC3CCCCC3)c2CO)cc1. The lowest BCUT2D eigenvalue weighted by Crippen LogP contribution is -2.24. The number of fused-ring (bicyclic) bond motifs is 1. The number of aryl methyl sites for hydroxylation is 1. The lowest BCUT2D eigenvalue weighted by atomic mass is 9.95. The molecule has 1 aliphatic carbocycles. The maximum atomic E-state index is 13.3. The van der Waals surface area contributed by atoms with E-state index < -0.39 is 16.4 Å². The highest BCUT2D eigenvalue weighted by Crippen LogP contribution is 2.35. The Labute approximate surface area is 164 Å². The van der Waals surface area contributed by atoms with Gasteiger partial charge in [0.1, 0.15) is 5.65 Å². The van der Waals surface area contributed by atoms with E-state index in [2.05, 4.69) is 15.3 Å². The third-order valence-corrected chi connectivity index (χ3v) is 7.20. The van der Waals surface area contributed by atoms with Crippen LogP contribution in [-0.2, 0) is 16.4 Å². The fourth-order valence-corrected chi connectivity index (χ4v) is 5.33. The number of nitrogens with zero attached hydrogens (tertiary/aromatic N) is 1. The number of sulfone groups is 1. The summed E-state index contributed by atoms with van der Waals surface area (Å²) in [4.78, 5) is 7.59. The number of pyridine rings is 1. The molecule has 7 heteroatoms. The molecule has 0 unspecified atom stereocenters. The first-order valence-corrected chi connectivity index (χ1v) is 11.2. The molecule has 4 rings (SSSR count). The van der Waals surface area contributed by atoms with Crippen LogP contribution in [0.25, 0.3) is 11.0 Å². The molecule has 0 aliphatic heterocycles. The largest absolute Gasteiger partial charge is 0.391 e. The predicted molar refractivity (Wildman–Crippen MR) is 109 cm³/mol. The molecule has 6 nitrogen and oxygen atoms in total. The first-order valence-electron chi connectivity index (χ1n) is 9.70. The lowest BCUT2D eigenvalue weighted by molar-refractivity contribution is 0.278. The van der Waals surface area contributed by atoms with Gasteiger partial charge in [-0.05, 0) is 38.0 Å². The van der Waals surface area contributed by atoms with Crippen molar-refractivity contribution in [2.24, 2.45) is 0 Å². The van der Waals surface area contributed by atoms with E-state index in [1.807, 2.05) is 13.0 Å². The van der Waals surface area contributed by atoms with E-state index in [4.69, 9.17) is 0 Å². The van der Waals surface area contributed by atoms with Crippen LogP contribution in [0.1, 0.15) is 43.2 Å². The number of hydrogen-bond donors (Lipinski definition) is 3. The Balaban J connectivity index is 1.87. The first kappa shape index (κ1) is 19.0. The summed E-state index contributed by atoms with van der Waals surface area (Å²) in [6.07, 6.45) is 7.36. The number of anilines is 1. The van der Waals surface area contributed by atoms with Gasteiger partial charge in [-0.3, -0.25) is 0 Å². The van der Waals surface area contributed by atoms with Crippen molar-refractivity contribution in [3.8, 4) is 0 Å². The van der Waals surface area contributed by atoms with Gasteiger partial charge in [-0.25, -0.2) is 13.4 Å². The van der Waals surface area contributed by atoms with Gasteiger partial charge < -0.3 is 15.4 Å². The van der Waals surface area contributed by atoms with Crippen molar-refractivity contribution >= 4 is 26.6 Å². The van der Waals surface area contributed by atoms with Crippen molar-refractivity contribution in [2.75, 3.05) is 5.32 Å². The van der Waals surface area contributed by atoms with Gasteiger partial charge in [0.15, 0.2) is 5.03 Å². The average molecular weight is 400 g/mol. The Kier molecular flexibility index (Phi) is 5.12. The Hall–Kier alpha value is -2.38. The van der Waals surface area contributed by atoms with Crippen LogP contribution in [0.2, 0.25) is 0 Å². The second-order valence-corrected chi connectivity index (χ2v) is 9.33. The maximum absolute atomic E-state index is 13.3. The zero-order valence-electron chi connectivity index (χ0n) is 15.9. The van der Waals surface area contributed by atoms with Crippen molar-refractivity contribution in [3.05, 3.63) is 47.7 Å². The molecule has 2 aromatic heterocycles. The molecular formula is C21H25N3O3S. The highest BCUT2D eigenvalue weighted by Gasteiger charge is 2.28. The van der Waals surface area contributed by atoms with Crippen LogP contribution in [0, 0.1) is 6.92 Å². The quantitative estimate of drug-likeness (QED) is 0.604. The molecule has 0 spiro atoms. The minimum absolute atomic E-state index is 0.0906. The van der Waals surface area contributed by atoms with Crippen LogP contribution >= 0.6 is 0 Å². The summed E-state index contributed by atoms with van der Waals surface area (Å²) in [5.74, 6) is 0. The smallest absolute Gasteiger partial charge is 0.224 e. The van der Waals surface area contributed by atoms with E-state index >= 15 is 0 Å². The Morgan fingerprint density at radius 2 is 1.86 bits per heavy atom. The average Bonchev–Trinajstić information content (AvgIpc) is 3.17. The number of aromatic amines is 1. The fourth-order valence-electron chi connectivity index (χ4n) is 3.91. The molecule has 0 amide bonds. The van der Waals surface area contributed by atoms with Crippen LogP contribution in [-0.4, -0.2) is 29.5 Å². The number of hydrogen-bond acceptors (Lipinski definition) is 5. The van der Waals surface area contributed by atoms with Crippen molar-refractivity contribution in [3.63, 3.8) is 0 Å². The van der Waals surface area contributed by atoms with Crippen LogP contribution in [0.3, 0.4) is 0 Å². The van der Waals surface area contributed by atoms with Crippen molar-refractivity contribution in [2.45, 2.75) is 61.6 Å². The monoisotopic (exact) mass is 399 g/mol. The molecule has 0 atom stereocenters. The van der Waals surface area contributed by atoms with Crippen LogP contribution in [0.5, 0.6) is 0 Å². The molecule has 0 bridgehead atoms. The highest BCUT2D eigenvalue weighted by atomic mass is 32.2. The molecule has 1 aliphatic rings. The van der Waals surface area contributed by atoms with E-state index in [9.17, 15) is 13.5 Å². The van der Waals surface area contributed by atoms with E-state index in [-0.39, 0.29) is 16.0 Å². The molecular weight excluding hydrogens is 374 g/mol. The molecule has 1 saturated carbocycles. The molecule has 1 aromatic carbocycles. The Bertz CT molecular complexity index is 1080. The lowest BCUT2D eigenvalue weighted by Gasteiger charge is -2.26. The zero-order valence-corrected chi connectivity index (χ0v) is 16.7. The minimum atomic E-state index is -3.86. The molecule has 3 aromatic rings. The van der Waals surface area contributed by atoms with E-state index in [1.165, 1.54) is 6.42 Å². The number of aliphatic hydroxyl groups is 1. The fraction of sp³-hybridized carbons (Fsp3) is 0.381. The number of aliphatic hydroxyl groups excluding tert-OH is 1. The van der Waals surface area contributed by atoms with Crippen LogP contribution in [0.15, 0.2) is 46.5 Å². The highest BCUT2D eigenvalue weighted by molar-refractivity contribution is 7.91. The summed E-state index contributed by atoms with van der Waals surface area (Å²) in [6.45, 7) is 1.51. The van der Waals surface area contributed by atoms with Gasteiger partial charge in [0.05, 0.1) is 17.2 Å². The number of rotatable bonds is 5. The number of aromatic nitrogens is 2. The third kappa shape index (κ3) is 3.40. The van der Waals surface area contributed by atoms with Gasteiger partial charge in [-0.2, -0.15) is 0 Å². The van der Waals surface area contributed by atoms with E-state index in [0.717, 1.165) is 36.6 Å². The summed E-state index contributed by atoms with van der Waals surface area (Å²) in [5.41, 5.74) is 2.49. The number of H-pyrrole nitrogens is 1. The van der Waals surface area contributed by atoms with E-state index in [1.54, 1.807) is 30.5 Å². The number of benzene rings is 1. The van der Waals surface area contributed by atoms with E-state index in [0.29, 0.717) is 16.9 Å². The summed E-state index contributed by atoms with van der Waals surface area (Å²) < 4.78 is 26.6. The molecule has 0 saturated heterocycles. The van der Waals surface area contributed by atoms with Gasteiger partial charge in [0.25, 0.3) is 0 Å². The topological polar surface area (TPSA) is 95.1 Å². The molecule has 3 N–H and O–H groups in total. The summed E-state index contributed by atoms with van der Waals surface area (Å²) in [5, 5.41) is 14.4. The zero-order chi connectivity index (χ0) is 19.7. The molecule has 148 valence electrons. The summed E-state index contributed by atoms with van der Waals surface area (Å²) >= 11 is 0. The first-order chi connectivity index (χ1) is 13.5. The second kappa shape index (κ2) is 7.56. The van der Waals surface area contributed by atoms with Crippen molar-refractivity contribution in [1.82, 2.24) is 9.97 Å². The molecule has 0 radical (unpaired) electrons. The summed E-state index contributed by atoms with van der Waals surface area (Å²) in [6, 6.07) is 8.84. The van der Waals surface area contributed by atoms with Gasteiger partial charge in [0, 0.05) is 23.2 Å². The standard InChI is InChI=1S/C21H25N3O3S/c1-14-7-9-16(10-8-14)28(26,27)21-18(13-25)19(17-11-12-22-20(17)24-21)23-15-5-3-2-4-6-15/h7-12,15,25H,2-6,13H2,1H3,(H2,22,23,24). The van der Waals surface area contributed by atoms with Gasteiger partial charge in [0.2, 0.25) is 9.84 Å². The predicted octanol–water partition coefficient (Wildman–Crippen LogP) is 3.94. The van der Waals surface area contributed by atoms with Crippen molar-refractivity contribution in [1.29, 1.82) is 0 Å². The normalized spacial score (nSPS) is 15.8. The van der Waals surface area contributed by atoms with Gasteiger partial charge >= 0.3 is 0 Å². The van der Waals surface area contributed by atoms with Gasteiger partial charge in [-0.15, -0.1) is 0 Å². The molecule has 1 fully saturated rings. The third-order valence-electron chi connectivity index (χ3n) is 5.47. The Morgan fingerprint density at radius 3 is 2.54 bits per heavy atom. The van der Waals surface area contributed by atoms with Crippen LogP contribution in [0.4, 0.5) is 5.69 Å². The summed E-state index contributed by atoms with van der Waals surface area (Å²) in [7, 11) is -3.86. The maximum Gasteiger partial charge on any atom is 0.224 e. The molecule has 28 heavy (non-hydrogen) atoms. The van der Waals surface area contributed by atoms with Gasteiger partial charge in [-0.1, -0.05) is 37.0 Å².